The van der Waals surface area contributed by atoms with Crippen molar-refractivity contribution in [1.82, 2.24) is 9.78 Å². The summed E-state index contributed by atoms with van der Waals surface area (Å²) in [6.45, 7) is 1.80. The SMILES string of the molecule is Cc1nn(C)c(-c2ccc(F)cc2)c1C=CC(=O)O. The molecule has 0 aliphatic rings. The summed E-state index contributed by atoms with van der Waals surface area (Å²) in [7, 11) is 1.77. The summed E-state index contributed by atoms with van der Waals surface area (Å²) < 4.78 is 14.6. The third-order valence-corrected chi connectivity index (χ3v) is 2.78. The first-order valence-electron chi connectivity index (χ1n) is 5.69. The number of aryl methyl sites for hydroxylation is 2. The number of carboxylic acid groups (broad SMARTS) is 1. The van der Waals surface area contributed by atoms with Crippen LogP contribution in [-0.2, 0) is 11.8 Å². The molecule has 1 aromatic heterocycles. The van der Waals surface area contributed by atoms with Gasteiger partial charge in [0, 0.05) is 24.3 Å². The molecule has 0 unspecified atom stereocenters. The van der Waals surface area contributed by atoms with Crippen molar-refractivity contribution in [2.45, 2.75) is 6.92 Å². The lowest BCUT2D eigenvalue weighted by atomic mass is 10.1. The Morgan fingerprint density at radius 2 is 2.00 bits per heavy atom. The molecular formula is C14H13FN2O2. The highest BCUT2D eigenvalue weighted by Crippen LogP contribution is 2.27. The predicted octanol–water partition coefficient (Wildman–Crippen LogP) is 2.63. The fourth-order valence-corrected chi connectivity index (χ4v) is 1.98. The van der Waals surface area contributed by atoms with Crippen molar-refractivity contribution in [3.8, 4) is 11.3 Å². The van der Waals surface area contributed by atoms with E-state index in [0.29, 0.717) is 0 Å². The van der Waals surface area contributed by atoms with Gasteiger partial charge in [-0.25, -0.2) is 9.18 Å². The number of hydrogen-bond acceptors (Lipinski definition) is 2. The van der Waals surface area contributed by atoms with Gasteiger partial charge in [-0.2, -0.15) is 5.10 Å². The van der Waals surface area contributed by atoms with E-state index in [0.717, 1.165) is 28.6 Å². The lowest BCUT2D eigenvalue weighted by Gasteiger charge is -2.04. The topological polar surface area (TPSA) is 55.1 Å². The number of aromatic nitrogens is 2. The molecule has 1 aromatic carbocycles. The molecular weight excluding hydrogens is 247 g/mol. The first-order valence-corrected chi connectivity index (χ1v) is 5.69. The lowest BCUT2D eigenvalue weighted by molar-refractivity contribution is -0.131. The van der Waals surface area contributed by atoms with Crippen LogP contribution in [-0.4, -0.2) is 20.9 Å². The van der Waals surface area contributed by atoms with Crippen molar-refractivity contribution in [3.05, 3.63) is 47.4 Å². The fourth-order valence-electron chi connectivity index (χ4n) is 1.98. The molecule has 0 atom stereocenters. The van der Waals surface area contributed by atoms with E-state index in [2.05, 4.69) is 5.10 Å². The summed E-state index contributed by atoms with van der Waals surface area (Å²) in [5.74, 6) is -1.33. The number of hydrogen-bond donors (Lipinski definition) is 1. The zero-order valence-corrected chi connectivity index (χ0v) is 10.6. The number of rotatable bonds is 3. The van der Waals surface area contributed by atoms with Crippen molar-refractivity contribution in [1.29, 1.82) is 0 Å². The second-order valence-electron chi connectivity index (χ2n) is 4.15. The van der Waals surface area contributed by atoms with Gasteiger partial charge in [-0.15, -0.1) is 0 Å². The van der Waals surface area contributed by atoms with E-state index in [1.54, 1.807) is 30.8 Å². The van der Waals surface area contributed by atoms with Gasteiger partial charge < -0.3 is 5.11 Å². The standard InChI is InChI=1S/C14H13FN2O2/c1-9-12(7-8-13(18)19)14(17(2)16-9)10-3-5-11(15)6-4-10/h3-8H,1-2H3,(H,18,19). The zero-order chi connectivity index (χ0) is 14.0. The van der Waals surface area contributed by atoms with Crippen LogP contribution in [0.25, 0.3) is 17.3 Å². The molecule has 1 heterocycles. The summed E-state index contributed by atoms with van der Waals surface area (Å²) in [6, 6.07) is 6.01. The smallest absolute Gasteiger partial charge is 0.328 e. The Labute approximate surface area is 109 Å². The van der Waals surface area contributed by atoms with E-state index in [-0.39, 0.29) is 5.82 Å². The number of nitrogens with zero attached hydrogens (tertiary/aromatic N) is 2. The normalized spacial score (nSPS) is 11.1. The van der Waals surface area contributed by atoms with Crippen LogP contribution in [0, 0.1) is 12.7 Å². The van der Waals surface area contributed by atoms with Gasteiger partial charge in [0.15, 0.2) is 0 Å². The van der Waals surface area contributed by atoms with Crippen LogP contribution < -0.4 is 0 Å². The summed E-state index contributed by atoms with van der Waals surface area (Å²) in [6.07, 6.45) is 2.57. The Morgan fingerprint density at radius 3 is 2.58 bits per heavy atom. The third kappa shape index (κ3) is 2.70. The first kappa shape index (κ1) is 13.0. The molecule has 98 valence electrons. The van der Waals surface area contributed by atoms with Crippen LogP contribution in [0.15, 0.2) is 30.3 Å². The van der Waals surface area contributed by atoms with E-state index < -0.39 is 5.97 Å². The molecule has 0 bridgehead atoms. The minimum Gasteiger partial charge on any atom is -0.478 e. The summed E-state index contributed by atoms with van der Waals surface area (Å²) in [5, 5.41) is 13.0. The Hall–Kier alpha value is -2.43. The Bertz CT molecular complexity index is 642. The highest BCUT2D eigenvalue weighted by molar-refractivity contribution is 5.87. The summed E-state index contributed by atoms with van der Waals surface area (Å²) in [4.78, 5) is 10.6. The molecule has 2 rings (SSSR count). The zero-order valence-electron chi connectivity index (χ0n) is 10.6. The number of benzene rings is 1. The van der Waals surface area contributed by atoms with Gasteiger partial charge in [0.05, 0.1) is 11.4 Å². The highest BCUT2D eigenvalue weighted by Gasteiger charge is 2.13. The second kappa shape index (κ2) is 5.06. The largest absolute Gasteiger partial charge is 0.478 e. The molecule has 0 saturated carbocycles. The Morgan fingerprint density at radius 1 is 1.37 bits per heavy atom. The van der Waals surface area contributed by atoms with E-state index in [1.165, 1.54) is 18.2 Å². The number of carboxylic acids is 1. The third-order valence-electron chi connectivity index (χ3n) is 2.78. The highest BCUT2D eigenvalue weighted by atomic mass is 19.1. The number of carbonyl (C=O) groups is 1. The maximum atomic E-state index is 12.9. The predicted molar refractivity (Wildman–Crippen MR) is 70.0 cm³/mol. The van der Waals surface area contributed by atoms with Crippen LogP contribution >= 0.6 is 0 Å². The Balaban J connectivity index is 2.56. The molecule has 1 N–H and O–H groups in total. The molecule has 0 amide bonds. The van der Waals surface area contributed by atoms with Crippen molar-refractivity contribution in [2.75, 3.05) is 0 Å². The van der Waals surface area contributed by atoms with Crippen LogP contribution in [0.1, 0.15) is 11.3 Å². The number of aliphatic carboxylic acids is 1. The molecule has 4 nitrogen and oxygen atoms in total. The molecule has 0 aliphatic carbocycles. The molecule has 19 heavy (non-hydrogen) atoms. The average molecular weight is 260 g/mol. The Kier molecular flexibility index (Phi) is 3.46. The molecule has 0 spiro atoms. The van der Waals surface area contributed by atoms with Gasteiger partial charge in [-0.05, 0) is 37.3 Å². The van der Waals surface area contributed by atoms with Crippen molar-refractivity contribution < 1.29 is 14.3 Å². The fraction of sp³-hybridized carbons (Fsp3) is 0.143. The molecule has 0 aliphatic heterocycles. The molecule has 5 heteroatoms. The maximum absolute atomic E-state index is 12.9. The van der Waals surface area contributed by atoms with Gasteiger partial charge in [-0.1, -0.05) is 0 Å². The molecule has 0 saturated heterocycles. The molecule has 0 radical (unpaired) electrons. The van der Waals surface area contributed by atoms with Gasteiger partial charge in [0.25, 0.3) is 0 Å². The van der Waals surface area contributed by atoms with Crippen LogP contribution in [0.4, 0.5) is 4.39 Å². The van der Waals surface area contributed by atoms with E-state index >= 15 is 0 Å². The van der Waals surface area contributed by atoms with Gasteiger partial charge in [-0.3, -0.25) is 4.68 Å². The van der Waals surface area contributed by atoms with Crippen LogP contribution in [0.2, 0.25) is 0 Å². The second-order valence-corrected chi connectivity index (χ2v) is 4.15. The van der Waals surface area contributed by atoms with Crippen molar-refractivity contribution in [3.63, 3.8) is 0 Å². The minimum atomic E-state index is -1.02. The quantitative estimate of drug-likeness (QED) is 0.863. The summed E-state index contributed by atoms with van der Waals surface area (Å²) >= 11 is 0. The first-order chi connectivity index (χ1) is 8.99. The van der Waals surface area contributed by atoms with E-state index in [1.807, 2.05) is 0 Å². The van der Waals surface area contributed by atoms with Crippen molar-refractivity contribution in [2.24, 2.45) is 7.05 Å². The van der Waals surface area contributed by atoms with E-state index in [4.69, 9.17) is 5.11 Å². The maximum Gasteiger partial charge on any atom is 0.328 e. The van der Waals surface area contributed by atoms with Gasteiger partial charge in [0.1, 0.15) is 5.82 Å². The monoisotopic (exact) mass is 260 g/mol. The van der Waals surface area contributed by atoms with E-state index in [9.17, 15) is 9.18 Å². The average Bonchev–Trinajstić information content (AvgIpc) is 2.62. The lowest BCUT2D eigenvalue weighted by Crippen LogP contribution is -1.94. The van der Waals surface area contributed by atoms with Gasteiger partial charge in [0.2, 0.25) is 0 Å². The summed E-state index contributed by atoms with van der Waals surface area (Å²) in [5.41, 5.74) is 2.99. The molecule has 0 fully saturated rings. The van der Waals surface area contributed by atoms with Crippen LogP contribution in [0.5, 0.6) is 0 Å². The van der Waals surface area contributed by atoms with Crippen molar-refractivity contribution >= 4 is 12.0 Å². The molecule has 2 aromatic rings. The van der Waals surface area contributed by atoms with Gasteiger partial charge >= 0.3 is 5.97 Å². The van der Waals surface area contributed by atoms with Crippen LogP contribution in [0.3, 0.4) is 0 Å². The minimum absolute atomic E-state index is 0.315. The number of halogens is 1.